The average molecular weight is 319 g/mol. The Morgan fingerprint density at radius 1 is 0.957 bits per heavy atom. The van der Waals surface area contributed by atoms with Gasteiger partial charge in [-0.25, -0.2) is 0 Å². The van der Waals surface area contributed by atoms with E-state index >= 15 is 0 Å². The lowest BCUT2D eigenvalue weighted by molar-refractivity contribution is 0.350. The Balaban J connectivity index is 2.61. The number of aromatic nitrogens is 1. The zero-order chi connectivity index (χ0) is 16.8. The molecular weight excluding hydrogens is 294 g/mol. The molecule has 5 nitrogen and oxygen atoms in total. The Bertz CT molecular complexity index is 721. The third-order valence-electron chi connectivity index (χ3n) is 4.03. The second-order valence-electron chi connectivity index (χ2n) is 5.47. The van der Waals surface area contributed by atoms with E-state index in [1.165, 1.54) is 13.5 Å². The molecule has 0 aliphatic rings. The van der Waals surface area contributed by atoms with E-state index in [9.17, 15) is 4.79 Å². The van der Waals surface area contributed by atoms with Gasteiger partial charge in [0.05, 0.1) is 26.8 Å². The molecule has 0 aliphatic heterocycles. The van der Waals surface area contributed by atoms with E-state index in [2.05, 4.69) is 6.92 Å². The van der Waals surface area contributed by atoms with Crippen molar-refractivity contribution in [1.82, 2.24) is 4.57 Å². The van der Waals surface area contributed by atoms with Crippen molar-refractivity contribution in [1.29, 1.82) is 0 Å². The van der Waals surface area contributed by atoms with E-state index in [-0.39, 0.29) is 11.3 Å². The molecule has 0 amide bonds. The number of methoxy groups -OCH3 is 3. The molecule has 5 heteroatoms. The van der Waals surface area contributed by atoms with Crippen LogP contribution in [0.3, 0.4) is 0 Å². The smallest absolute Gasteiger partial charge is 0.297 e. The quantitative estimate of drug-likeness (QED) is 0.698. The summed E-state index contributed by atoms with van der Waals surface area (Å²) in [5, 5.41) is 0.847. The van der Waals surface area contributed by atoms with Gasteiger partial charge >= 0.3 is 0 Å². The zero-order valence-electron chi connectivity index (χ0n) is 14.3. The van der Waals surface area contributed by atoms with Crippen LogP contribution in [-0.2, 0) is 6.54 Å². The SMILES string of the molecule is CCCCCCn1c(=O)c(OC)c(OC)c2ccc(OC)cc21. The summed E-state index contributed by atoms with van der Waals surface area (Å²) in [4.78, 5) is 12.8. The van der Waals surface area contributed by atoms with E-state index in [1.807, 2.05) is 18.2 Å². The number of pyridine rings is 1. The minimum Gasteiger partial charge on any atom is -0.497 e. The van der Waals surface area contributed by atoms with Crippen molar-refractivity contribution in [2.45, 2.75) is 39.2 Å². The van der Waals surface area contributed by atoms with Crippen molar-refractivity contribution in [2.24, 2.45) is 0 Å². The molecule has 1 heterocycles. The maximum absolute atomic E-state index is 12.8. The fourth-order valence-electron chi connectivity index (χ4n) is 2.81. The molecule has 0 spiro atoms. The van der Waals surface area contributed by atoms with Crippen LogP contribution in [0.1, 0.15) is 32.6 Å². The first kappa shape index (κ1) is 17.2. The summed E-state index contributed by atoms with van der Waals surface area (Å²) < 4.78 is 17.8. The normalized spacial score (nSPS) is 10.8. The van der Waals surface area contributed by atoms with Crippen LogP contribution in [0, 0.1) is 0 Å². The Hall–Kier alpha value is -2.17. The molecule has 23 heavy (non-hydrogen) atoms. The topological polar surface area (TPSA) is 49.7 Å². The molecule has 2 aromatic rings. The van der Waals surface area contributed by atoms with Crippen LogP contribution >= 0.6 is 0 Å². The Labute approximate surface area is 136 Å². The number of unbranched alkanes of at least 4 members (excludes halogenated alkanes) is 3. The van der Waals surface area contributed by atoms with Crippen LogP contribution in [0.5, 0.6) is 17.2 Å². The summed E-state index contributed by atoms with van der Waals surface area (Å²) in [6, 6.07) is 5.63. The third kappa shape index (κ3) is 3.44. The summed E-state index contributed by atoms with van der Waals surface area (Å²) in [5.41, 5.74) is 0.644. The van der Waals surface area contributed by atoms with Gasteiger partial charge in [-0.15, -0.1) is 0 Å². The van der Waals surface area contributed by atoms with Gasteiger partial charge in [0.2, 0.25) is 5.75 Å². The van der Waals surface area contributed by atoms with Gasteiger partial charge in [-0.3, -0.25) is 4.79 Å². The average Bonchev–Trinajstić information content (AvgIpc) is 2.58. The number of rotatable bonds is 8. The van der Waals surface area contributed by atoms with Gasteiger partial charge in [0, 0.05) is 18.0 Å². The van der Waals surface area contributed by atoms with Crippen molar-refractivity contribution < 1.29 is 14.2 Å². The fourth-order valence-corrected chi connectivity index (χ4v) is 2.81. The van der Waals surface area contributed by atoms with Crippen molar-refractivity contribution in [3.63, 3.8) is 0 Å². The Morgan fingerprint density at radius 2 is 1.70 bits per heavy atom. The molecule has 0 N–H and O–H groups in total. The van der Waals surface area contributed by atoms with Crippen molar-refractivity contribution in [3.8, 4) is 17.2 Å². The predicted molar refractivity (Wildman–Crippen MR) is 92.0 cm³/mol. The summed E-state index contributed by atoms with van der Waals surface area (Å²) in [6.07, 6.45) is 4.39. The van der Waals surface area contributed by atoms with Crippen LogP contribution in [0.2, 0.25) is 0 Å². The van der Waals surface area contributed by atoms with E-state index in [4.69, 9.17) is 14.2 Å². The van der Waals surface area contributed by atoms with Crippen LogP contribution < -0.4 is 19.8 Å². The standard InChI is InChI=1S/C18H25NO4/c1-5-6-7-8-11-19-15-12-13(21-2)9-10-14(15)16(22-3)17(23-4)18(19)20/h9-10,12H,5-8,11H2,1-4H3. The molecule has 0 radical (unpaired) electrons. The van der Waals surface area contributed by atoms with Gasteiger partial charge in [-0.1, -0.05) is 26.2 Å². The number of hydrogen-bond acceptors (Lipinski definition) is 4. The maximum atomic E-state index is 12.8. The van der Waals surface area contributed by atoms with Gasteiger partial charge in [0.25, 0.3) is 5.56 Å². The van der Waals surface area contributed by atoms with Crippen molar-refractivity contribution in [3.05, 3.63) is 28.6 Å². The molecule has 2 rings (SSSR count). The summed E-state index contributed by atoms with van der Waals surface area (Å²) in [6.45, 7) is 2.83. The molecule has 0 unspecified atom stereocenters. The molecule has 0 saturated carbocycles. The molecule has 1 aromatic carbocycles. The Morgan fingerprint density at radius 3 is 2.30 bits per heavy atom. The molecule has 0 bridgehead atoms. The lowest BCUT2D eigenvalue weighted by Crippen LogP contribution is -2.23. The highest BCUT2D eigenvalue weighted by Gasteiger charge is 2.18. The minimum atomic E-state index is -0.165. The van der Waals surface area contributed by atoms with Gasteiger partial charge in [-0.05, 0) is 18.6 Å². The first-order valence-electron chi connectivity index (χ1n) is 8.00. The number of aryl methyl sites for hydroxylation is 1. The Kier molecular flexibility index (Phi) is 5.90. The summed E-state index contributed by atoms with van der Waals surface area (Å²) >= 11 is 0. The van der Waals surface area contributed by atoms with Gasteiger partial charge in [0.1, 0.15) is 5.75 Å². The van der Waals surface area contributed by atoms with Gasteiger partial charge < -0.3 is 18.8 Å². The largest absolute Gasteiger partial charge is 0.497 e. The van der Waals surface area contributed by atoms with Crippen LogP contribution in [0.25, 0.3) is 10.9 Å². The predicted octanol–water partition coefficient (Wildman–Crippen LogP) is 3.61. The number of nitrogens with zero attached hydrogens (tertiary/aromatic N) is 1. The van der Waals surface area contributed by atoms with Crippen molar-refractivity contribution in [2.75, 3.05) is 21.3 Å². The lowest BCUT2D eigenvalue weighted by atomic mass is 10.1. The molecule has 1 aromatic heterocycles. The third-order valence-corrected chi connectivity index (χ3v) is 4.03. The number of benzene rings is 1. The maximum Gasteiger partial charge on any atom is 0.297 e. The number of ether oxygens (including phenoxy) is 3. The van der Waals surface area contributed by atoms with E-state index in [1.54, 1.807) is 18.8 Å². The fraction of sp³-hybridized carbons (Fsp3) is 0.500. The monoisotopic (exact) mass is 319 g/mol. The van der Waals surface area contributed by atoms with Crippen LogP contribution in [0.15, 0.2) is 23.0 Å². The highest BCUT2D eigenvalue weighted by Crippen LogP contribution is 2.34. The van der Waals surface area contributed by atoms with Gasteiger partial charge in [-0.2, -0.15) is 0 Å². The van der Waals surface area contributed by atoms with E-state index < -0.39 is 0 Å². The molecule has 0 fully saturated rings. The second-order valence-corrected chi connectivity index (χ2v) is 5.47. The first-order chi connectivity index (χ1) is 11.2. The lowest BCUT2D eigenvalue weighted by Gasteiger charge is -2.17. The summed E-state index contributed by atoms with van der Waals surface area (Å²) in [7, 11) is 4.66. The van der Waals surface area contributed by atoms with Crippen LogP contribution in [-0.4, -0.2) is 25.9 Å². The van der Waals surface area contributed by atoms with Crippen molar-refractivity contribution >= 4 is 10.9 Å². The van der Waals surface area contributed by atoms with E-state index in [0.717, 1.165) is 30.2 Å². The molecule has 0 saturated heterocycles. The molecular formula is C18H25NO4. The number of fused-ring (bicyclic) bond motifs is 1. The molecule has 0 aliphatic carbocycles. The first-order valence-corrected chi connectivity index (χ1v) is 8.00. The zero-order valence-corrected chi connectivity index (χ0v) is 14.3. The van der Waals surface area contributed by atoms with E-state index in [0.29, 0.717) is 18.0 Å². The highest BCUT2D eigenvalue weighted by molar-refractivity contribution is 5.89. The van der Waals surface area contributed by atoms with Gasteiger partial charge in [0.15, 0.2) is 5.75 Å². The summed E-state index contributed by atoms with van der Waals surface area (Å²) in [5.74, 6) is 1.44. The molecule has 126 valence electrons. The minimum absolute atomic E-state index is 0.165. The highest BCUT2D eigenvalue weighted by atomic mass is 16.5. The van der Waals surface area contributed by atoms with Crippen LogP contribution in [0.4, 0.5) is 0 Å². The molecule has 0 atom stereocenters. The second kappa shape index (κ2) is 7.90. The number of hydrogen-bond donors (Lipinski definition) is 0.